The molecule has 356 valence electrons. The van der Waals surface area contributed by atoms with Crippen LogP contribution in [0.5, 0.6) is 17.2 Å². The van der Waals surface area contributed by atoms with E-state index in [1.54, 1.807) is 42.5 Å². The molecular weight excluding hydrogens is 853 g/mol. The van der Waals surface area contributed by atoms with E-state index in [1.807, 2.05) is 32.1 Å². The number of rotatable bonds is 30. The molecule has 65 heavy (non-hydrogen) atoms. The van der Waals surface area contributed by atoms with Gasteiger partial charge in [0.25, 0.3) is 0 Å². The maximum atomic E-state index is 13.4. The van der Waals surface area contributed by atoms with Crippen LogP contribution in [0.15, 0.2) is 119 Å². The topological polar surface area (TPSA) is 61.8 Å². The molecule has 0 amide bonds. The predicted molar refractivity (Wildman–Crippen MR) is 283 cm³/mol. The third kappa shape index (κ3) is 14.8. The maximum absolute atomic E-state index is 13.4. The molecule has 8 heteroatoms. The van der Waals surface area contributed by atoms with Crippen LogP contribution >= 0.6 is 0 Å². The van der Waals surface area contributed by atoms with Crippen LogP contribution in [0.25, 0.3) is 0 Å². The molecule has 4 aromatic carbocycles. The maximum Gasteiger partial charge on any atom is 0.206 e. The van der Waals surface area contributed by atoms with Crippen LogP contribution in [0.1, 0.15) is 129 Å². The molecule has 4 aromatic rings. The first kappa shape index (κ1) is 53.8. The number of sulfone groups is 1. The molecule has 0 saturated carbocycles. The van der Waals surface area contributed by atoms with E-state index in [0.717, 1.165) is 81.0 Å². The quantitative estimate of drug-likeness (QED) is 0.0226. The van der Waals surface area contributed by atoms with Crippen LogP contribution in [-0.4, -0.2) is 37.8 Å². The molecule has 0 bridgehead atoms. The second-order valence-electron chi connectivity index (χ2n) is 19.0. The highest BCUT2D eigenvalue weighted by atomic mass is 32.2. The minimum Gasteiger partial charge on any atom is -0.494 e. The van der Waals surface area contributed by atoms with Gasteiger partial charge in [0.05, 0.1) is 39.2 Å². The summed E-state index contributed by atoms with van der Waals surface area (Å²) in [6.45, 7) is 28.3. The molecule has 0 heterocycles. The van der Waals surface area contributed by atoms with Gasteiger partial charge in [-0.1, -0.05) is 165 Å². The summed E-state index contributed by atoms with van der Waals surface area (Å²) >= 11 is 0. The molecule has 0 saturated heterocycles. The number of ether oxygens (including phenoxy) is 3. The molecule has 0 radical (unpaired) electrons. The number of hydrogen-bond donors (Lipinski definition) is 0. The smallest absolute Gasteiger partial charge is 0.206 e. The Morgan fingerprint density at radius 2 is 1.08 bits per heavy atom. The Hall–Kier alpha value is -3.86. The highest BCUT2D eigenvalue weighted by molar-refractivity contribution is 7.91. The highest BCUT2D eigenvalue weighted by Gasteiger charge is 2.29. The second kappa shape index (κ2) is 25.9. The summed E-state index contributed by atoms with van der Waals surface area (Å²) in [4.78, 5) is 0.552. The first-order valence-corrected chi connectivity index (χ1v) is 32.2. The lowest BCUT2D eigenvalue weighted by molar-refractivity contribution is 0.214. The Labute approximate surface area is 398 Å². The van der Waals surface area contributed by atoms with Crippen molar-refractivity contribution in [1.82, 2.24) is 0 Å². The summed E-state index contributed by atoms with van der Waals surface area (Å²) in [5, 5.41) is 0. The predicted octanol–water partition coefficient (Wildman–Crippen LogP) is 16.9. The summed E-state index contributed by atoms with van der Waals surface area (Å²) in [7, 11) is -6.19. The Kier molecular flexibility index (Phi) is 21.4. The van der Waals surface area contributed by atoms with Crippen molar-refractivity contribution in [3.05, 3.63) is 137 Å². The second-order valence-corrected chi connectivity index (χ2v) is 32.2. The first-order valence-electron chi connectivity index (χ1n) is 25.1. The van der Waals surface area contributed by atoms with Crippen LogP contribution in [0, 0.1) is 6.92 Å². The average molecular weight is 938 g/mol. The van der Waals surface area contributed by atoms with Gasteiger partial charge in [-0.05, 0) is 135 Å². The number of benzene rings is 4. The largest absolute Gasteiger partial charge is 0.494 e. The standard InChI is InChI=1S/C57H84O5SSi2/c1-12-51(13-2)60-40-22-20-21-23-41-61-55-38-30-49(44-47(55)26-24-42-64(14-3,15-4)16-5)57(10,11)50-31-39-56(48(45-50)27-25-43-65(17-6,18-7)19-8)62-52-32-36-54(37-33-52)63(58,59)53-34-28-46(9)29-35-53/h12-13,28-39,44-45H,1,14-27,40-43H2,2-11H3/b51-13+. The van der Waals surface area contributed by atoms with Crippen molar-refractivity contribution < 1.29 is 22.6 Å². The van der Waals surface area contributed by atoms with E-state index in [9.17, 15) is 8.42 Å². The minimum absolute atomic E-state index is 0.258. The lowest BCUT2D eigenvalue weighted by atomic mass is 9.76. The third-order valence-corrected chi connectivity index (χ3v) is 28.7. The van der Waals surface area contributed by atoms with Gasteiger partial charge >= 0.3 is 0 Å². The van der Waals surface area contributed by atoms with Crippen LogP contribution in [-0.2, 0) is 32.8 Å². The van der Waals surface area contributed by atoms with Crippen molar-refractivity contribution in [3.63, 3.8) is 0 Å². The Morgan fingerprint density at radius 1 is 0.615 bits per heavy atom. The number of allylic oxidation sites excluding steroid dienone is 2. The zero-order chi connectivity index (χ0) is 47.5. The van der Waals surface area contributed by atoms with Gasteiger partial charge in [0.1, 0.15) is 23.0 Å². The fraction of sp³-hybridized carbons (Fsp3) is 0.509. The van der Waals surface area contributed by atoms with Gasteiger partial charge in [0.2, 0.25) is 9.84 Å². The molecule has 4 rings (SSSR count). The Balaban J connectivity index is 1.61. The number of unbranched alkanes of at least 4 members (excludes halogenated alkanes) is 3. The molecule has 0 unspecified atom stereocenters. The lowest BCUT2D eigenvalue weighted by Gasteiger charge is -2.30. The third-order valence-electron chi connectivity index (χ3n) is 15.1. The highest BCUT2D eigenvalue weighted by Crippen LogP contribution is 2.39. The molecule has 0 aromatic heterocycles. The summed E-state index contributed by atoms with van der Waals surface area (Å²) < 4.78 is 45.9. The fourth-order valence-corrected chi connectivity index (χ4v) is 17.7. The van der Waals surface area contributed by atoms with Gasteiger partial charge in [-0.3, -0.25) is 0 Å². The molecular formula is C57H84O5SSi2. The fourth-order valence-electron chi connectivity index (χ4n) is 9.46. The van der Waals surface area contributed by atoms with E-state index in [0.29, 0.717) is 10.6 Å². The molecule has 5 nitrogen and oxygen atoms in total. The van der Waals surface area contributed by atoms with Gasteiger partial charge < -0.3 is 14.2 Å². The van der Waals surface area contributed by atoms with Crippen molar-refractivity contribution in [2.45, 2.75) is 184 Å². The SMILES string of the molecule is C=C/C(=C\C)OCCCCCCOc1ccc(C(C)(C)c2ccc(Oc3ccc(S(=O)(=O)c4ccc(C)cc4)cc3)c(CCC[Si](CC)(CC)CC)c2)cc1CCC[Si](CC)(CC)CC. The minimum atomic E-state index is -3.64. The van der Waals surface area contributed by atoms with Crippen LogP contribution in [0.2, 0.25) is 48.4 Å². The van der Waals surface area contributed by atoms with Crippen LogP contribution < -0.4 is 9.47 Å². The number of aryl methyl sites for hydroxylation is 3. The molecule has 0 aliphatic carbocycles. The van der Waals surface area contributed by atoms with E-state index < -0.39 is 26.0 Å². The monoisotopic (exact) mass is 937 g/mol. The van der Waals surface area contributed by atoms with Crippen LogP contribution in [0.3, 0.4) is 0 Å². The van der Waals surface area contributed by atoms with Crippen LogP contribution in [0.4, 0.5) is 0 Å². The van der Waals surface area contributed by atoms with E-state index in [2.05, 4.69) is 98.4 Å². The molecule has 0 fully saturated rings. The van der Waals surface area contributed by atoms with E-state index in [-0.39, 0.29) is 10.3 Å². The van der Waals surface area contributed by atoms with Gasteiger partial charge in [0, 0.05) is 5.41 Å². The van der Waals surface area contributed by atoms with Crippen molar-refractivity contribution >= 4 is 26.0 Å². The zero-order valence-electron chi connectivity index (χ0n) is 42.1. The van der Waals surface area contributed by atoms with Crippen molar-refractivity contribution in [2.24, 2.45) is 0 Å². The normalized spacial score (nSPS) is 12.6. The van der Waals surface area contributed by atoms with E-state index >= 15 is 0 Å². The van der Waals surface area contributed by atoms with Gasteiger partial charge in [-0.15, -0.1) is 0 Å². The van der Waals surface area contributed by atoms with Crippen molar-refractivity contribution in [1.29, 1.82) is 0 Å². The van der Waals surface area contributed by atoms with Crippen molar-refractivity contribution in [3.8, 4) is 17.2 Å². The lowest BCUT2D eigenvalue weighted by Crippen LogP contribution is -2.31. The molecule has 0 atom stereocenters. The van der Waals surface area contributed by atoms with E-state index in [4.69, 9.17) is 14.2 Å². The van der Waals surface area contributed by atoms with Gasteiger partial charge in [-0.2, -0.15) is 0 Å². The van der Waals surface area contributed by atoms with Gasteiger partial charge in [-0.25, -0.2) is 8.42 Å². The molecule has 0 N–H and O–H groups in total. The van der Waals surface area contributed by atoms with Crippen molar-refractivity contribution in [2.75, 3.05) is 13.2 Å². The number of hydrogen-bond acceptors (Lipinski definition) is 5. The summed E-state index contributed by atoms with van der Waals surface area (Å²) in [5.74, 6) is 3.35. The zero-order valence-corrected chi connectivity index (χ0v) is 44.9. The average Bonchev–Trinajstić information content (AvgIpc) is 3.32. The summed E-state index contributed by atoms with van der Waals surface area (Å²) in [6, 6.07) is 38.3. The Bertz CT molecular complexity index is 2180. The van der Waals surface area contributed by atoms with E-state index in [1.165, 1.54) is 77.0 Å². The summed E-state index contributed by atoms with van der Waals surface area (Å²) in [6.07, 6.45) is 12.3. The molecule has 0 aliphatic heterocycles. The van der Waals surface area contributed by atoms with Gasteiger partial charge in [0.15, 0.2) is 0 Å². The first-order chi connectivity index (χ1) is 31.2. The molecule has 0 spiro atoms. The molecule has 0 aliphatic rings. The Morgan fingerprint density at radius 3 is 1.55 bits per heavy atom. The summed E-state index contributed by atoms with van der Waals surface area (Å²) in [5.41, 5.74) is 5.84.